The first-order chi connectivity index (χ1) is 8.96. The molecule has 2 N–H and O–H groups in total. The summed E-state index contributed by atoms with van der Waals surface area (Å²) in [5.41, 5.74) is 4.88. The molecular formula is C13H16N2O4. The molecule has 1 spiro atoms. The number of nitrogens with zero attached hydrogens (tertiary/aromatic N) is 1. The molecule has 2 aliphatic carbocycles. The SMILES string of the molecule is CCCCN1C(=O)C2C(=O)CC23C(N)C(=O)C3C1=O. The Kier molecular flexibility index (Phi) is 2.44. The Morgan fingerprint density at radius 3 is 2.42 bits per heavy atom. The average Bonchev–Trinajstić information content (AvgIpc) is 2.36. The van der Waals surface area contributed by atoms with Gasteiger partial charge in [0, 0.05) is 18.4 Å². The monoisotopic (exact) mass is 264 g/mol. The first kappa shape index (κ1) is 12.5. The molecule has 6 heteroatoms. The molecule has 4 unspecified atom stereocenters. The fraction of sp³-hybridized carbons (Fsp3) is 0.692. The molecule has 1 saturated heterocycles. The van der Waals surface area contributed by atoms with E-state index in [0.29, 0.717) is 6.42 Å². The van der Waals surface area contributed by atoms with Crippen LogP contribution in [-0.4, -0.2) is 40.9 Å². The van der Waals surface area contributed by atoms with Gasteiger partial charge in [-0.25, -0.2) is 0 Å². The van der Waals surface area contributed by atoms with Gasteiger partial charge in [0.05, 0.1) is 6.04 Å². The number of ketones is 2. The molecule has 0 aromatic rings. The minimum absolute atomic E-state index is 0.0916. The molecule has 1 heterocycles. The molecule has 2 amide bonds. The largest absolute Gasteiger partial charge is 0.321 e. The van der Waals surface area contributed by atoms with Crippen molar-refractivity contribution in [2.75, 3.05) is 6.54 Å². The lowest BCUT2D eigenvalue weighted by molar-refractivity contribution is -0.199. The fourth-order valence-corrected chi connectivity index (χ4v) is 3.70. The van der Waals surface area contributed by atoms with Crippen molar-refractivity contribution in [1.82, 2.24) is 4.90 Å². The zero-order chi connectivity index (χ0) is 13.9. The number of Topliss-reactive ketones (excluding diaryl/α,β-unsaturated/α-hetero) is 2. The lowest BCUT2D eigenvalue weighted by Crippen LogP contribution is -2.83. The number of nitrogens with two attached hydrogens (primary N) is 1. The van der Waals surface area contributed by atoms with Crippen LogP contribution in [0.4, 0.5) is 0 Å². The first-order valence-corrected chi connectivity index (χ1v) is 6.64. The Morgan fingerprint density at radius 1 is 1.21 bits per heavy atom. The van der Waals surface area contributed by atoms with E-state index in [1.807, 2.05) is 6.92 Å². The van der Waals surface area contributed by atoms with Crippen LogP contribution in [0.3, 0.4) is 0 Å². The number of likely N-dealkylation sites (tertiary alicyclic amines) is 1. The van der Waals surface area contributed by atoms with Gasteiger partial charge in [0.1, 0.15) is 17.6 Å². The van der Waals surface area contributed by atoms with Crippen LogP contribution in [0.2, 0.25) is 0 Å². The van der Waals surface area contributed by atoms with Gasteiger partial charge in [-0.3, -0.25) is 24.1 Å². The molecule has 19 heavy (non-hydrogen) atoms. The molecule has 0 radical (unpaired) electrons. The number of carbonyl (C=O) groups is 4. The average molecular weight is 264 g/mol. The summed E-state index contributed by atoms with van der Waals surface area (Å²) >= 11 is 0. The second kappa shape index (κ2) is 3.72. The zero-order valence-corrected chi connectivity index (χ0v) is 10.7. The summed E-state index contributed by atoms with van der Waals surface area (Å²) in [7, 11) is 0. The van der Waals surface area contributed by atoms with Crippen molar-refractivity contribution in [2.45, 2.75) is 32.2 Å². The number of hydrogen-bond acceptors (Lipinski definition) is 5. The summed E-state index contributed by atoms with van der Waals surface area (Å²) in [6, 6.07) is -0.832. The minimum Gasteiger partial charge on any atom is -0.321 e. The smallest absolute Gasteiger partial charge is 0.240 e. The number of imide groups is 1. The fourth-order valence-electron chi connectivity index (χ4n) is 3.70. The van der Waals surface area contributed by atoms with Crippen LogP contribution in [0.15, 0.2) is 0 Å². The summed E-state index contributed by atoms with van der Waals surface area (Å²) in [6.45, 7) is 2.23. The Morgan fingerprint density at radius 2 is 1.84 bits per heavy atom. The summed E-state index contributed by atoms with van der Waals surface area (Å²) in [5.74, 6) is -3.13. The number of amides is 2. The molecule has 3 rings (SSSR count). The number of hydrogen-bond donors (Lipinski definition) is 1. The molecule has 3 aliphatic rings. The highest BCUT2D eigenvalue weighted by molar-refractivity contribution is 6.25. The maximum Gasteiger partial charge on any atom is 0.240 e. The van der Waals surface area contributed by atoms with Gasteiger partial charge in [-0.15, -0.1) is 0 Å². The summed E-state index contributed by atoms with van der Waals surface area (Å²) in [5, 5.41) is 0. The van der Waals surface area contributed by atoms with Crippen molar-refractivity contribution in [3.05, 3.63) is 0 Å². The molecule has 3 fully saturated rings. The third-order valence-electron chi connectivity index (χ3n) is 4.81. The van der Waals surface area contributed by atoms with E-state index >= 15 is 0 Å². The molecule has 4 atom stereocenters. The number of rotatable bonds is 3. The van der Waals surface area contributed by atoms with Crippen LogP contribution < -0.4 is 5.73 Å². The van der Waals surface area contributed by atoms with Crippen molar-refractivity contribution in [2.24, 2.45) is 23.0 Å². The Bertz CT molecular complexity index is 495. The lowest BCUT2D eigenvalue weighted by atomic mass is 9.39. The van der Waals surface area contributed by atoms with Gasteiger partial charge in [0.2, 0.25) is 11.8 Å². The van der Waals surface area contributed by atoms with E-state index in [1.165, 1.54) is 0 Å². The van der Waals surface area contributed by atoms with E-state index in [-0.39, 0.29) is 24.5 Å². The normalized spacial score (nSPS) is 40.5. The van der Waals surface area contributed by atoms with Crippen molar-refractivity contribution in [3.63, 3.8) is 0 Å². The highest BCUT2D eigenvalue weighted by atomic mass is 16.2. The third-order valence-corrected chi connectivity index (χ3v) is 4.81. The van der Waals surface area contributed by atoms with E-state index < -0.39 is 35.1 Å². The van der Waals surface area contributed by atoms with Crippen LogP contribution in [0, 0.1) is 17.3 Å². The third kappa shape index (κ3) is 1.20. The standard InChI is InChI=1S/C13H16N2O4/c1-2-3-4-15-11(18)7-6(16)5-13(7)8(12(15)19)9(17)10(13)14/h7-8,10H,2-5,14H2,1H3. The predicted molar refractivity (Wildman–Crippen MR) is 63.6 cm³/mol. The minimum atomic E-state index is -0.884. The Balaban J connectivity index is 1.95. The van der Waals surface area contributed by atoms with Gasteiger partial charge in [-0.2, -0.15) is 0 Å². The van der Waals surface area contributed by atoms with E-state index in [0.717, 1.165) is 11.3 Å². The van der Waals surface area contributed by atoms with Crippen LogP contribution in [0.25, 0.3) is 0 Å². The maximum absolute atomic E-state index is 12.3. The summed E-state index contributed by atoms with van der Waals surface area (Å²) in [4.78, 5) is 49.2. The second-order valence-electron chi connectivity index (χ2n) is 5.68. The van der Waals surface area contributed by atoms with E-state index in [9.17, 15) is 19.2 Å². The summed E-state index contributed by atoms with van der Waals surface area (Å²) < 4.78 is 0. The van der Waals surface area contributed by atoms with Crippen LogP contribution in [0.1, 0.15) is 26.2 Å². The van der Waals surface area contributed by atoms with Gasteiger partial charge in [-0.1, -0.05) is 13.3 Å². The molecule has 1 aliphatic heterocycles. The van der Waals surface area contributed by atoms with E-state index in [1.54, 1.807) is 0 Å². The maximum atomic E-state index is 12.3. The van der Waals surface area contributed by atoms with Crippen LogP contribution in [0.5, 0.6) is 0 Å². The van der Waals surface area contributed by atoms with Gasteiger partial charge < -0.3 is 5.73 Å². The quantitative estimate of drug-likeness (QED) is 0.534. The van der Waals surface area contributed by atoms with Crippen molar-refractivity contribution >= 4 is 23.4 Å². The molecule has 102 valence electrons. The van der Waals surface area contributed by atoms with Crippen molar-refractivity contribution in [1.29, 1.82) is 0 Å². The Labute approximate surface area is 110 Å². The van der Waals surface area contributed by atoms with Crippen molar-refractivity contribution < 1.29 is 19.2 Å². The molecular weight excluding hydrogens is 248 g/mol. The lowest BCUT2D eigenvalue weighted by Gasteiger charge is -2.63. The summed E-state index contributed by atoms with van der Waals surface area (Å²) in [6.07, 6.45) is 1.60. The molecule has 0 aromatic heterocycles. The van der Waals surface area contributed by atoms with Gasteiger partial charge in [0.15, 0.2) is 5.78 Å². The molecule has 6 nitrogen and oxygen atoms in total. The zero-order valence-electron chi connectivity index (χ0n) is 10.7. The van der Waals surface area contributed by atoms with Crippen LogP contribution >= 0.6 is 0 Å². The molecule has 0 bridgehead atoms. The number of carbonyl (C=O) groups excluding carboxylic acids is 4. The van der Waals surface area contributed by atoms with Gasteiger partial charge >= 0.3 is 0 Å². The second-order valence-corrected chi connectivity index (χ2v) is 5.68. The number of piperidine rings is 1. The first-order valence-electron chi connectivity index (χ1n) is 6.64. The predicted octanol–water partition coefficient (Wildman–Crippen LogP) is -0.743. The van der Waals surface area contributed by atoms with Crippen molar-refractivity contribution in [3.8, 4) is 0 Å². The van der Waals surface area contributed by atoms with Crippen LogP contribution in [-0.2, 0) is 19.2 Å². The topological polar surface area (TPSA) is 97.5 Å². The highest BCUT2D eigenvalue weighted by Gasteiger charge is 2.78. The number of unbranched alkanes of at least 4 members (excludes halogenated alkanes) is 1. The molecule has 2 saturated carbocycles. The van der Waals surface area contributed by atoms with Gasteiger partial charge in [0.25, 0.3) is 0 Å². The van der Waals surface area contributed by atoms with E-state index in [4.69, 9.17) is 5.73 Å². The highest BCUT2D eigenvalue weighted by Crippen LogP contribution is 2.62. The van der Waals surface area contributed by atoms with E-state index in [2.05, 4.69) is 0 Å². The Hall–Kier alpha value is -1.56. The van der Waals surface area contributed by atoms with Gasteiger partial charge in [-0.05, 0) is 6.42 Å². The molecule has 0 aromatic carbocycles.